The van der Waals surface area contributed by atoms with Crippen LogP contribution in [0.5, 0.6) is 11.5 Å². The van der Waals surface area contributed by atoms with Gasteiger partial charge in [-0.2, -0.15) is 0 Å². The van der Waals surface area contributed by atoms with Gasteiger partial charge in [-0.1, -0.05) is 12.1 Å². The Morgan fingerprint density at radius 1 is 1.00 bits per heavy atom. The third kappa shape index (κ3) is 3.48. The lowest BCUT2D eigenvalue weighted by atomic mass is 10.1. The Kier molecular flexibility index (Phi) is 4.72. The van der Waals surface area contributed by atoms with Gasteiger partial charge in [0.1, 0.15) is 13.2 Å². The van der Waals surface area contributed by atoms with Gasteiger partial charge in [-0.05, 0) is 30.3 Å². The van der Waals surface area contributed by atoms with Gasteiger partial charge in [0.05, 0.1) is 16.9 Å². The predicted octanol–water partition coefficient (Wildman–Crippen LogP) is 2.35. The smallest absolute Gasteiger partial charge is 0.318 e. The number of ether oxygens (including phenoxy) is 3. The van der Waals surface area contributed by atoms with E-state index in [9.17, 15) is 14.4 Å². The zero-order valence-corrected chi connectivity index (χ0v) is 15.0. The van der Waals surface area contributed by atoms with Crippen LogP contribution in [0.1, 0.15) is 20.7 Å². The molecule has 8 heteroatoms. The monoisotopic (exact) mass is 385 g/mol. The van der Waals surface area contributed by atoms with Crippen LogP contribution in [-0.2, 0) is 9.53 Å². The molecule has 0 saturated carbocycles. The van der Waals surface area contributed by atoms with Gasteiger partial charge in [-0.15, -0.1) is 11.8 Å². The van der Waals surface area contributed by atoms with Gasteiger partial charge in [-0.3, -0.25) is 14.4 Å². The van der Waals surface area contributed by atoms with E-state index in [1.165, 1.54) is 11.8 Å². The minimum Gasteiger partial charge on any atom is -0.486 e. The summed E-state index contributed by atoms with van der Waals surface area (Å²) < 4.78 is 16.1. The summed E-state index contributed by atoms with van der Waals surface area (Å²) in [4.78, 5) is 38.2. The second-order valence-electron chi connectivity index (χ2n) is 5.82. The Bertz CT molecular complexity index is 893. The topological polar surface area (TPSA) is 82.1 Å². The zero-order valence-electron chi connectivity index (χ0n) is 14.2. The number of amides is 2. The molecule has 7 nitrogen and oxygen atoms in total. The molecule has 2 amide bonds. The number of carbonyl (C=O) groups is 3. The second-order valence-corrected chi connectivity index (χ2v) is 6.87. The largest absolute Gasteiger partial charge is 0.486 e. The van der Waals surface area contributed by atoms with Gasteiger partial charge in [-0.25, -0.2) is 4.90 Å². The van der Waals surface area contributed by atoms with Crippen LogP contribution >= 0.6 is 11.8 Å². The number of fused-ring (bicyclic) bond motifs is 2. The van der Waals surface area contributed by atoms with Gasteiger partial charge in [0.25, 0.3) is 11.8 Å². The second kappa shape index (κ2) is 7.32. The lowest BCUT2D eigenvalue weighted by Crippen LogP contribution is -2.33. The third-order valence-corrected chi connectivity index (χ3v) is 5.07. The highest BCUT2D eigenvalue weighted by Crippen LogP contribution is 2.34. The molecule has 2 aromatic carbocycles. The van der Waals surface area contributed by atoms with Crippen molar-refractivity contribution in [2.24, 2.45) is 0 Å². The van der Waals surface area contributed by atoms with Gasteiger partial charge < -0.3 is 14.2 Å². The number of hydrogen-bond acceptors (Lipinski definition) is 7. The average Bonchev–Trinajstić information content (AvgIpc) is 2.95. The molecule has 2 aromatic rings. The van der Waals surface area contributed by atoms with Gasteiger partial charge in [0.15, 0.2) is 18.2 Å². The first kappa shape index (κ1) is 17.4. The van der Waals surface area contributed by atoms with Crippen molar-refractivity contribution in [3.63, 3.8) is 0 Å². The lowest BCUT2D eigenvalue weighted by molar-refractivity contribution is -0.142. The van der Waals surface area contributed by atoms with Crippen LogP contribution in [0.15, 0.2) is 47.4 Å². The molecular weight excluding hydrogens is 370 g/mol. The number of imide groups is 1. The van der Waals surface area contributed by atoms with Crippen molar-refractivity contribution in [2.75, 3.05) is 25.7 Å². The molecule has 0 bridgehead atoms. The highest BCUT2D eigenvalue weighted by Gasteiger charge is 2.35. The van der Waals surface area contributed by atoms with E-state index >= 15 is 0 Å². The van der Waals surface area contributed by atoms with Crippen molar-refractivity contribution in [1.29, 1.82) is 0 Å². The normalized spacial score (nSPS) is 14.9. The molecule has 2 heterocycles. The van der Waals surface area contributed by atoms with Crippen molar-refractivity contribution in [3.8, 4) is 11.5 Å². The van der Waals surface area contributed by atoms with Crippen molar-refractivity contribution >= 4 is 29.5 Å². The quantitative estimate of drug-likeness (QED) is 0.444. The van der Waals surface area contributed by atoms with Gasteiger partial charge in [0, 0.05) is 4.90 Å². The summed E-state index contributed by atoms with van der Waals surface area (Å²) in [5.41, 5.74) is 0.647. The Morgan fingerprint density at radius 3 is 2.37 bits per heavy atom. The molecule has 0 aromatic heterocycles. The first-order valence-electron chi connectivity index (χ1n) is 8.27. The summed E-state index contributed by atoms with van der Waals surface area (Å²) in [6.45, 7) is 0.611. The molecule has 0 radical (unpaired) electrons. The molecule has 2 aliphatic rings. The first-order valence-corrected chi connectivity index (χ1v) is 9.25. The van der Waals surface area contributed by atoms with E-state index in [0.717, 1.165) is 9.80 Å². The number of esters is 1. The Balaban J connectivity index is 1.31. The maximum Gasteiger partial charge on any atom is 0.318 e. The lowest BCUT2D eigenvalue weighted by Gasteiger charge is -2.18. The van der Waals surface area contributed by atoms with E-state index in [1.54, 1.807) is 36.4 Å². The van der Waals surface area contributed by atoms with Crippen molar-refractivity contribution in [1.82, 2.24) is 4.90 Å². The number of benzene rings is 2. The highest BCUT2D eigenvalue weighted by molar-refractivity contribution is 8.00. The Morgan fingerprint density at radius 2 is 1.67 bits per heavy atom. The van der Waals surface area contributed by atoms with Crippen molar-refractivity contribution in [3.05, 3.63) is 53.6 Å². The molecule has 0 aliphatic carbocycles. The molecular formula is C19H15NO6S. The van der Waals surface area contributed by atoms with Gasteiger partial charge >= 0.3 is 5.97 Å². The van der Waals surface area contributed by atoms with Crippen LogP contribution < -0.4 is 9.47 Å². The summed E-state index contributed by atoms with van der Waals surface area (Å²) in [5, 5.41) is 0. The Labute approximate surface area is 159 Å². The number of hydrogen-bond donors (Lipinski definition) is 0. The van der Waals surface area contributed by atoms with E-state index in [1.807, 2.05) is 6.07 Å². The van der Waals surface area contributed by atoms with E-state index in [0.29, 0.717) is 35.8 Å². The molecule has 0 atom stereocenters. The van der Waals surface area contributed by atoms with Crippen molar-refractivity contribution < 1.29 is 28.6 Å². The summed E-state index contributed by atoms with van der Waals surface area (Å²) in [5.74, 6) is -0.0651. The van der Waals surface area contributed by atoms with Crippen LogP contribution in [0.2, 0.25) is 0 Å². The SMILES string of the molecule is O=C(CSc1ccc2c(c1)OCCO2)OCN1C(=O)c2ccccc2C1=O. The van der Waals surface area contributed by atoms with E-state index < -0.39 is 24.5 Å². The summed E-state index contributed by atoms with van der Waals surface area (Å²) in [7, 11) is 0. The maximum absolute atomic E-state index is 12.2. The number of carbonyl (C=O) groups excluding carboxylic acids is 3. The number of nitrogens with zero attached hydrogens (tertiary/aromatic N) is 1. The van der Waals surface area contributed by atoms with Crippen LogP contribution in [0.3, 0.4) is 0 Å². The molecule has 2 aliphatic heterocycles. The number of rotatable bonds is 5. The van der Waals surface area contributed by atoms with Gasteiger partial charge in [0.2, 0.25) is 0 Å². The van der Waals surface area contributed by atoms with E-state index in [4.69, 9.17) is 14.2 Å². The molecule has 0 spiro atoms. The molecule has 0 N–H and O–H groups in total. The number of thioether (sulfide) groups is 1. The predicted molar refractivity (Wildman–Crippen MR) is 96.1 cm³/mol. The summed E-state index contributed by atoms with van der Waals surface area (Å²) >= 11 is 1.27. The molecule has 4 rings (SSSR count). The van der Waals surface area contributed by atoms with Crippen LogP contribution in [0.4, 0.5) is 0 Å². The minimum absolute atomic E-state index is 0.0445. The molecule has 27 heavy (non-hydrogen) atoms. The van der Waals surface area contributed by atoms with Crippen LogP contribution in [0.25, 0.3) is 0 Å². The fourth-order valence-corrected chi connectivity index (χ4v) is 3.51. The fourth-order valence-electron chi connectivity index (χ4n) is 2.79. The fraction of sp³-hybridized carbons (Fsp3) is 0.211. The van der Waals surface area contributed by atoms with E-state index in [-0.39, 0.29) is 5.75 Å². The maximum atomic E-state index is 12.2. The third-order valence-electron chi connectivity index (χ3n) is 4.10. The zero-order chi connectivity index (χ0) is 18.8. The first-order chi connectivity index (χ1) is 13.1. The molecule has 138 valence electrons. The van der Waals surface area contributed by atoms with Crippen LogP contribution in [0, 0.1) is 0 Å². The average molecular weight is 385 g/mol. The van der Waals surface area contributed by atoms with Crippen LogP contribution in [-0.4, -0.2) is 48.4 Å². The van der Waals surface area contributed by atoms with E-state index in [2.05, 4.69) is 0 Å². The molecule has 0 unspecified atom stereocenters. The minimum atomic E-state index is -0.522. The Hall–Kier alpha value is -3.00. The molecule has 0 fully saturated rings. The van der Waals surface area contributed by atoms with Crippen molar-refractivity contribution in [2.45, 2.75) is 4.90 Å². The summed E-state index contributed by atoms with van der Waals surface area (Å²) in [6.07, 6.45) is 0. The standard InChI is InChI=1S/C19H15NO6S/c21-17(10-27-12-5-6-15-16(9-12)25-8-7-24-15)26-11-20-18(22)13-3-1-2-4-14(13)19(20)23/h1-6,9H,7-8,10-11H2. The highest BCUT2D eigenvalue weighted by atomic mass is 32.2. The molecule has 0 saturated heterocycles. The summed E-state index contributed by atoms with van der Waals surface area (Å²) in [6, 6.07) is 11.9.